The number of hydrogen-bond acceptors (Lipinski definition) is 4. The van der Waals surface area contributed by atoms with Gasteiger partial charge in [0.15, 0.2) is 0 Å². The number of aryl methyl sites for hydroxylation is 1. The van der Waals surface area contributed by atoms with Crippen LogP contribution in [0.4, 0.5) is 4.79 Å². The molecule has 0 spiro atoms. The highest BCUT2D eigenvalue weighted by Gasteiger charge is 2.39. The SMILES string of the molecule is Cc1ccc(CC(C)NC(=O)N2C(C)SCC2C(=O)O)s1. The van der Waals surface area contributed by atoms with Crippen molar-refractivity contribution >= 4 is 35.1 Å². The van der Waals surface area contributed by atoms with E-state index in [1.54, 1.807) is 11.3 Å². The molecule has 0 aliphatic carbocycles. The van der Waals surface area contributed by atoms with Gasteiger partial charge in [-0.1, -0.05) is 0 Å². The van der Waals surface area contributed by atoms with E-state index in [0.29, 0.717) is 5.75 Å². The molecule has 1 aromatic heterocycles. The standard InChI is InChI=1S/C14H20N2O3S2/c1-8(6-11-5-4-9(2)21-11)15-14(19)16-10(3)20-7-12(16)13(17)18/h4-5,8,10,12H,6-7H2,1-3H3,(H,15,19)(H,17,18). The molecule has 0 aromatic carbocycles. The molecule has 5 nitrogen and oxygen atoms in total. The quantitative estimate of drug-likeness (QED) is 0.891. The first-order valence-electron chi connectivity index (χ1n) is 6.87. The van der Waals surface area contributed by atoms with Gasteiger partial charge >= 0.3 is 12.0 Å². The fourth-order valence-electron chi connectivity index (χ4n) is 2.37. The largest absolute Gasteiger partial charge is 0.480 e. The number of nitrogens with zero attached hydrogens (tertiary/aromatic N) is 1. The highest BCUT2D eigenvalue weighted by Crippen LogP contribution is 2.28. The fourth-order valence-corrected chi connectivity index (χ4v) is 4.56. The Kier molecular flexibility index (Phi) is 5.16. The van der Waals surface area contributed by atoms with Crippen molar-refractivity contribution in [3.8, 4) is 0 Å². The molecule has 2 amide bonds. The van der Waals surface area contributed by atoms with Crippen molar-refractivity contribution in [2.75, 3.05) is 5.75 Å². The Morgan fingerprint density at radius 2 is 2.24 bits per heavy atom. The topological polar surface area (TPSA) is 69.6 Å². The summed E-state index contributed by atoms with van der Waals surface area (Å²) in [6.07, 6.45) is 0.761. The summed E-state index contributed by atoms with van der Waals surface area (Å²) in [6.45, 7) is 5.86. The molecular formula is C14H20N2O3S2. The lowest BCUT2D eigenvalue weighted by Crippen LogP contribution is -2.51. The van der Waals surface area contributed by atoms with Crippen molar-refractivity contribution in [1.82, 2.24) is 10.2 Å². The summed E-state index contributed by atoms with van der Waals surface area (Å²) in [5.41, 5.74) is 0. The summed E-state index contributed by atoms with van der Waals surface area (Å²) in [5, 5.41) is 12.0. The zero-order valence-corrected chi connectivity index (χ0v) is 14.0. The maximum Gasteiger partial charge on any atom is 0.327 e. The number of nitrogens with one attached hydrogen (secondary N) is 1. The van der Waals surface area contributed by atoms with E-state index in [9.17, 15) is 14.7 Å². The van der Waals surface area contributed by atoms with Crippen LogP contribution in [0.2, 0.25) is 0 Å². The summed E-state index contributed by atoms with van der Waals surface area (Å²) < 4.78 is 0. The van der Waals surface area contributed by atoms with Crippen LogP contribution in [0.1, 0.15) is 23.6 Å². The van der Waals surface area contributed by atoms with Crippen LogP contribution < -0.4 is 5.32 Å². The van der Waals surface area contributed by atoms with Gasteiger partial charge in [-0.15, -0.1) is 23.1 Å². The lowest BCUT2D eigenvalue weighted by Gasteiger charge is -2.27. The van der Waals surface area contributed by atoms with Gasteiger partial charge in [-0.05, 0) is 32.9 Å². The number of carboxylic acid groups (broad SMARTS) is 1. The minimum atomic E-state index is -0.941. The Hall–Kier alpha value is -1.21. The second kappa shape index (κ2) is 6.70. The highest BCUT2D eigenvalue weighted by atomic mass is 32.2. The molecule has 1 aliphatic rings. The van der Waals surface area contributed by atoms with E-state index in [1.807, 2.05) is 13.8 Å². The zero-order chi connectivity index (χ0) is 15.6. The molecule has 2 N–H and O–H groups in total. The summed E-state index contributed by atoms with van der Waals surface area (Å²) in [4.78, 5) is 27.4. The number of carbonyl (C=O) groups excluding carboxylic acids is 1. The normalized spacial score (nSPS) is 23.1. The van der Waals surface area contributed by atoms with Crippen molar-refractivity contribution in [3.05, 3.63) is 21.9 Å². The fraction of sp³-hybridized carbons (Fsp3) is 0.571. The van der Waals surface area contributed by atoms with Crippen LogP contribution in [0.15, 0.2) is 12.1 Å². The predicted octanol–water partition coefficient (Wildman–Crippen LogP) is 2.55. The average molecular weight is 328 g/mol. The number of aliphatic carboxylic acids is 1. The number of rotatable bonds is 4. The molecular weight excluding hydrogens is 308 g/mol. The summed E-state index contributed by atoms with van der Waals surface area (Å²) >= 11 is 3.21. The number of carbonyl (C=O) groups is 2. The molecule has 3 unspecified atom stereocenters. The third kappa shape index (κ3) is 3.91. The number of hydrogen-bond donors (Lipinski definition) is 2. The van der Waals surface area contributed by atoms with E-state index in [4.69, 9.17) is 0 Å². The minimum absolute atomic E-state index is 0.0252. The number of urea groups is 1. The zero-order valence-electron chi connectivity index (χ0n) is 12.3. The molecule has 21 heavy (non-hydrogen) atoms. The maximum absolute atomic E-state index is 12.3. The first-order valence-corrected chi connectivity index (χ1v) is 8.73. The highest BCUT2D eigenvalue weighted by molar-refractivity contribution is 8.00. The van der Waals surface area contributed by atoms with Crippen molar-refractivity contribution in [1.29, 1.82) is 0 Å². The molecule has 1 aromatic rings. The maximum atomic E-state index is 12.3. The number of amides is 2. The molecule has 2 rings (SSSR count). The molecule has 0 bridgehead atoms. The summed E-state index contributed by atoms with van der Waals surface area (Å²) in [7, 11) is 0. The van der Waals surface area contributed by atoms with Gasteiger partial charge in [-0.3, -0.25) is 4.90 Å². The van der Waals surface area contributed by atoms with Crippen molar-refractivity contribution in [2.45, 2.75) is 44.6 Å². The molecule has 2 heterocycles. The molecule has 1 aliphatic heterocycles. The monoisotopic (exact) mass is 328 g/mol. The van der Waals surface area contributed by atoms with Crippen LogP contribution in [-0.4, -0.2) is 45.2 Å². The van der Waals surface area contributed by atoms with Gasteiger partial charge < -0.3 is 10.4 Å². The van der Waals surface area contributed by atoms with E-state index in [2.05, 4.69) is 24.4 Å². The number of thioether (sulfide) groups is 1. The van der Waals surface area contributed by atoms with Gasteiger partial charge in [0.25, 0.3) is 0 Å². The van der Waals surface area contributed by atoms with E-state index >= 15 is 0 Å². The summed E-state index contributed by atoms with van der Waals surface area (Å²) in [5.74, 6) is -0.494. The van der Waals surface area contributed by atoms with E-state index in [1.165, 1.54) is 26.4 Å². The number of thiophene rings is 1. The molecule has 0 saturated carbocycles. The second-order valence-electron chi connectivity index (χ2n) is 5.26. The smallest absolute Gasteiger partial charge is 0.327 e. The van der Waals surface area contributed by atoms with Crippen molar-refractivity contribution in [3.63, 3.8) is 0 Å². The third-order valence-electron chi connectivity index (χ3n) is 3.42. The molecule has 1 fully saturated rings. The van der Waals surface area contributed by atoms with Gasteiger partial charge in [0.05, 0.1) is 5.37 Å². The second-order valence-corrected chi connectivity index (χ2v) is 7.98. The van der Waals surface area contributed by atoms with E-state index < -0.39 is 12.0 Å². The van der Waals surface area contributed by atoms with Crippen molar-refractivity contribution < 1.29 is 14.7 Å². The summed E-state index contributed by atoms with van der Waals surface area (Å²) in [6, 6.07) is 3.08. The van der Waals surface area contributed by atoms with E-state index in [0.717, 1.165) is 6.42 Å². The van der Waals surface area contributed by atoms with Gasteiger partial charge in [0.1, 0.15) is 6.04 Å². The Morgan fingerprint density at radius 1 is 1.52 bits per heavy atom. The molecule has 7 heteroatoms. The lowest BCUT2D eigenvalue weighted by atomic mass is 10.2. The Morgan fingerprint density at radius 3 is 2.81 bits per heavy atom. The molecule has 3 atom stereocenters. The first-order chi connectivity index (χ1) is 9.88. The number of carboxylic acids is 1. The van der Waals surface area contributed by atoms with Gasteiger partial charge in [-0.25, -0.2) is 9.59 Å². The van der Waals surface area contributed by atoms with Crippen LogP contribution in [0.3, 0.4) is 0 Å². The van der Waals surface area contributed by atoms with Gasteiger partial charge in [-0.2, -0.15) is 0 Å². The van der Waals surface area contributed by atoms with Gasteiger partial charge in [0, 0.05) is 28.0 Å². The van der Waals surface area contributed by atoms with Crippen LogP contribution in [0.5, 0.6) is 0 Å². The third-order valence-corrected chi connectivity index (χ3v) is 5.66. The van der Waals surface area contributed by atoms with Crippen LogP contribution in [0, 0.1) is 6.92 Å². The van der Waals surface area contributed by atoms with Gasteiger partial charge in [0.2, 0.25) is 0 Å². The van der Waals surface area contributed by atoms with Crippen LogP contribution in [0.25, 0.3) is 0 Å². The Bertz CT molecular complexity index is 532. The average Bonchev–Trinajstić information content (AvgIpc) is 2.95. The van der Waals surface area contributed by atoms with Crippen LogP contribution in [-0.2, 0) is 11.2 Å². The molecule has 116 valence electrons. The molecule has 0 radical (unpaired) electrons. The lowest BCUT2D eigenvalue weighted by molar-refractivity contribution is -0.141. The first kappa shape index (κ1) is 16.2. The van der Waals surface area contributed by atoms with E-state index in [-0.39, 0.29) is 17.4 Å². The van der Waals surface area contributed by atoms with Crippen LogP contribution >= 0.6 is 23.1 Å². The Balaban J connectivity index is 1.95. The minimum Gasteiger partial charge on any atom is -0.480 e. The van der Waals surface area contributed by atoms with Crippen molar-refractivity contribution in [2.24, 2.45) is 0 Å². The predicted molar refractivity (Wildman–Crippen MR) is 85.9 cm³/mol. The Labute approximate surface area is 132 Å². The molecule has 1 saturated heterocycles.